The highest BCUT2D eigenvalue weighted by Gasteiger charge is 2.48. The van der Waals surface area contributed by atoms with Crippen LogP contribution in [0.1, 0.15) is 37.8 Å². The minimum absolute atomic E-state index is 0.675. The lowest BCUT2D eigenvalue weighted by atomic mass is 9.65. The van der Waals surface area contributed by atoms with Gasteiger partial charge >= 0.3 is 0 Å². The van der Waals surface area contributed by atoms with Crippen molar-refractivity contribution in [2.24, 2.45) is 11.3 Å². The van der Waals surface area contributed by atoms with Gasteiger partial charge in [-0.1, -0.05) is 12.5 Å². The van der Waals surface area contributed by atoms with Crippen molar-refractivity contribution in [3.8, 4) is 0 Å². The Morgan fingerprint density at radius 2 is 2.19 bits per heavy atom. The van der Waals surface area contributed by atoms with Crippen LogP contribution in [0.4, 0.5) is 0 Å². The number of nitrogens with zero attached hydrogens (tertiary/aromatic N) is 1. The lowest BCUT2D eigenvalue weighted by molar-refractivity contribution is 0.0985. The summed E-state index contributed by atoms with van der Waals surface area (Å²) in [6.07, 6.45) is 9.18. The predicted octanol–water partition coefficient (Wildman–Crippen LogP) is 2.75. The second-order valence-corrected chi connectivity index (χ2v) is 5.41. The van der Waals surface area contributed by atoms with E-state index < -0.39 is 0 Å². The molecular formula is C14H20N2. The van der Waals surface area contributed by atoms with Crippen molar-refractivity contribution in [1.29, 1.82) is 0 Å². The van der Waals surface area contributed by atoms with Crippen LogP contribution in [0.25, 0.3) is 0 Å². The van der Waals surface area contributed by atoms with Crippen LogP contribution in [-0.4, -0.2) is 11.5 Å². The number of rotatable bonds is 5. The summed E-state index contributed by atoms with van der Waals surface area (Å²) in [5.41, 5.74) is 1.84. The molecule has 0 aliphatic heterocycles. The number of aromatic nitrogens is 1. The fourth-order valence-corrected chi connectivity index (χ4v) is 3.00. The SMILES string of the molecule is c1ccc(CNCC2(C3CC3)CCC2)nc1. The molecule has 0 bridgehead atoms. The second-order valence-electron chi connectivity index (χ2n) is 5.41. The highest BCUT2D eigenvalue weighted by Crippen LogP contribution is 2.56. The molecule has 1 N–H and O–H groups in total. The van der Waals surface area contributed by atoms with Gasteiger partial charge in [-0.3, -0.25) is 4.98 Å². The van der Waals surface area contributed by atoms with Crippen LogP contribution < -0.4 is 5.32 Å². The van der Waals surface area contributed by atoms with Crippen LogP contribution in [0.3, 0.4) is 0 Å². The van der Waals surface area contributed by atoms with Gasteiger partial charge in [0.05, 0.1) is 5.69 Å². The molecule has 1 aromatic heterocycles. The molecule has 0 aromatic carbocycles. The zero-order chi connectivity index (χ0) is 10.8. The molecule has 1 aromatic rings. The molecule has 1 heterocycles. The van der Waals surface area contributed by atoms with Crippen molar-refractivity contribution in [1.82, 2.24) is 10.3 Å². The minimum atomic E-state index is 0.675. The second kappa shape index (κ2) is 4.17. The molecule has 2 nitrogen and oxygen atoms in total. The Balaban J connectivity index is 1.49. The van der Waals surface area contributed by atoms with E-state index in [2.05, 4.69) is 22.4 Å². The molecule has 2 saturated carbocycles. The first-order valence-corrected chi connectivity index (χ1v) is 6.50. The first-order chi connectivity index (χ1) is 7.89. The summed E-state index contributed by atoms with van der Waals surface area (Å²) in [5.74, 6) is 1.04. The Morgan fingerprint density at radius 3 is 2.75 bits per heavy atom. The van der Waals surface area contributed by atoms with Gasteiger partial charge < -0.3 is 5.32 Å². The Bertz CT molecular complexity index is 339. The molecular weight excluding hydrogens is 196 g/mol. The molecule has 2 aliphatic carbocycles. The zero-order valence-electron chi connectivity index (χ0n) is 9.78. The number of pyridine rings is 1. The van der Waals surface area contributed by atoms with Gasteiger partial charge in [0, 0.05) is 19.3 Å². The van der Waals surface area contributed by atoms with Crippen LogP contribution in [-0.2, 0) is 6.54 Å². The van der Waals surface area contributed by atoms with Crippen molar-refractivity contribution < 1.29 is 0 Å². The first-order valence-electron chi connectivity index (χ1n) is 6.50. The zero-order valence-corrected chi connectivity index (χ0v) is 9.78. The Kier molecular flexibility index (Phi) is 2.68. The van der Waals surface area contributed by atoms with E-state index in [0.29, 0.717) is 5.41 Å². The summed E-state index contributed by atoms with van der Waals surface area (Å²) in [6, 6.07) is 6.13. The molecule has 0 atom stereocenters. The quantitative estimate of drug-likeness (QED) is 0.818. The molecule has 3 rings (SSSR count). The minimum Gasteiger partial charge on any atom is -0.311 e. The highest BCUT2D eigenvalue weighted by atomic mass is 14.9. The molecule has 2 fully saturated rings. The molecule has 0 amide bonds. The van der Waals surface area contributed by atoms with Crippen molar-refractivity contribution in [3.05, 3.63) is 30.1 Å². The van der Waals surface area contributed by atoms with Gasteiger partial charge in [0.1, 0.15) is 0 Å². The van der Waals surface area contributed by atoms with Crippen molar-refractivity contribution >= 4 is 0 Å². The van der Waals surface area contributed by atoms with Gasteiger partial charge in [-0.15, -0.1) is 0 Å². The monoisotopic (exact) mass is 216 g/mol. The van der Waals surface area contributed by atoms with E-state index in [9.17, 15) is 0 Å². The van der Waals surface area contributed by atoms with Gasteiger partial charge in [0.25, 0.3) is 0 Å². The van der Waals surface area contributed by atoms with Crippen molar-refractivity contribution in [2.75, 3.05) is 6.54 Å². The molecule has 0 spiro atoms. The van der Waals surface area contributed by atoms with Crippen LogP contribution in [0.5, 0.6) is 0 Å². The Hall–Kier alpha value is -0.890. The third-order valence-electron chi connectivity index (χ3n) is 4.30. The number of hydrogen-bond acceptors (Lipinski definition) is 2. The van der Waals surface area contributed by atoms with Gasteiger partial charge in [0.15, 0.2) is 0 Å². The molecule has 0 unspecified atom stereocenters. The maximum atomic E-state index is 4.34. The number of hydrogen-bond donors (Lipinski definition) is 1. The van der Waals surface area contributed by atoms with Gasteiger partial charge in [-0.25, -0.2) is 0 Å². The van der Waals surface area contributed by atoms with Gasteiger partial charge in [-0.2, -0.15) is 0 Å². The molecule has 0 radical (unpaired) electrons. The normalized spacial score (nSPS) is 22.8. The summed E-state index contributed by atoms with van der Waals surface area (Å²) in [4.78, 5) is 4.34. The van der Waals surface area contributed by atoms with E-state index in [1.165, 1.54) is 38.6 Å². The maximum Gasteiger partial charge on any atom is 0.0541 e. The fraction of sp³-hybridized carbons (Fsp3) is 0.643. The number of nitrogens with one attached hydrogen (secondary N) is 1. The molecule has 0 saturated heterocycles. The first kappa shape index (κ1) is 10.3. The third-order valence-corrected chi connectivity index (χ3v) is 4.30. The average molecular weight is 216 g/mol. The van der Waals surface area contributed by atoms with E-state index in [0.717, 1.165) is 18.2 Å². The largest absolute Gasteiger partial charge is 0.311 e. The van der Waals surface area contributed by atoms with E-state index in [1.54, 1.807) is 0 Å². The summed E-state index contributed by atoms with van der Waals surface area (Å²) in [7, 11) is 0. The molecule has 86 valence electrons. The Morgan fingerprint density at radius 1 is 1.31 bits per heavy atom. The molecule has 2 aliphatic rings. The highest BCUT2D eigenvalue weighted by molar-refractivity contribution is 5.04. The van der Waals surface area contributed by atoms with E-state index in [4.69, 9.17) is 0 Å². The van der Waals surface area contributed by atoms with Crippen LogP contribution in [0.15, 0.2) is 24.4 Å². The summed E-state index contributed by atoms with van der Waals surface area (Å²) in [6.45, 7) is 2.13. The summed E-state index contributed by atoms with van der Waals surface area (Å²) < 4.78 is 0. The lowest BCUT2D eigenvalue weighted by Crippen LogP contribution is -2.41. The molecule has 16 heavy (non-hydrogen) atoms. The Labute approximate surface area is 97.5 Å². The van der Waals surface area contributed by atoms with Crippen LogP contribution >= 0.6 is 0 Å². The van der Waals surface area contributed by atoms with Crippen molar-refractivity contribution in [2.45, 2.75) is 38.6 Å². The summed E-state index contributed by atoms with van der Waals surface area (Å²) >= 11 is 0. The van der Waals surface area contributed by atoms with E-state index >= 15 is 0 Å². The maximum absolute atomic E-state index is 4.34. The third kappa shape index (κ3) is 1.99. The lowest BCUT2D eigenvalue weighted by Gasteiger charge is -2.42. The average Bonchev–Trinajstić information content (AvgIpc) is 3.08. The van der Waals surface area contributed by atoms with Gasteiger partial charge in [0.2, 0.25) is 0 Å². The van der Waals surface area contributed by atoms with Gasteiger partial charge in [-0.05, 0) is 49.1 Å². The van der Waals surface area contributed by atoms with E-state index in [1.807, 2.05) is 12.3 Å². The standard InChI is InChI=1S/C14H20N2/c1-2-9-16-13(4-1)10-15-11-14(7-3-8-14)12-5-6-12/h1-2,4,9,12,15H,3,5-8,10-11H2. The smallest absolute Gasteiger partial charge is 0.0541 e. The topological polar surface area (TPSA) is 24.9 Å². The van der Waals surface area contributed by atoms with Crippen LogP contribution in [0, 0.1) is 11.3 Å². The molecule has 2 heteroatoms. The van der Waals surface area contributed by atoms with Crippen molar-refractivity contribution in [3.63, 3.8) is 0 Å². The summed E-state index contributed by atoms with van der Waals surface area (Å²) in [5, 5.41) is 3.60. The van der Waals surface area contributed by atoms with Crippen LogP contribution in [0.2, 0.25) is 0 Å². The fourth-order valence-electron chi connectivity index (χ4n) is 3.00. The predicted molar refractivity (Wildman–Crippen MR) is 65.0 cm³/mol. The van der Waals surface area contributed by atoms with E-state index in [-0.39, 0.29) is 0 Å².